The van der Waals surface area contributed by atoms with E-state index in [-0.39, 0.29) is 4.90 Å². The summed E-state index contributed by atoms with van der Waals surface area (Å²) in [6.07, 6.45) is 0. The molecule has 2 aromatic heterocycles. The summed E-state index contributed by atoms with van der Waals surface area (Å²) in [5.74, 6) is 1.43. The van der Waals surface area contributed by atoms with Gasteiger partial charge in [0.25, 0.3) is 5.22 Å². The molecule has 9 heteroatoms. The van der Waals surface area contributed by atoms with E-state index >= 15 is 0 Å². The first-order valence-corrected chi connectivity index (χ1v) is 11.2. The summed E-state index contributed by atoms with van der Waals surface area (Å²) >= 11 is 1.47. The lowest BCUT2D eigenvalue weighted by Gasteiger charge is -2.11. The minimum atomic E-state index is -3.49. The Morgan fingerprint density at radius 1 is 1.11 bits per heavy atom. The first-order chi connectivity index (χ1) is 13.4. The number of benzene rings is 2. The lowest BCUT2D eigenvalue weighted by Crippen LogP contribution is -2.22. The molecule has 0 aliphatic rings. The van der Waals surface area contributed by atoms with Gasteiger partial charge < -0.3 is 8.98 Å². The molecule has 0 amide bonds. The third-order valence-corrected chi connectivity index (χ3v) is 7.13. The normalized spacial score (nSPS) is 12.4. The monoisotopic (exact) mass is 416 g/mol. The molecule has 4 rings (SSSR count). The summed E-state index contributed by atoms with van der Waals surface area (Å²) in [6.45, 7) is 2.78. The van der Waals surface area contributed by atoms with Gasteiger partial charge in [0, 0.05) is 20.6 Å². The zero-order chi connectivity index (χ0) is 19.9. The summed E-state index contributed by atoms with van der Waals surface area (Å²) in [6, 6.07) is 12.7. The smallest absolute Gasteiger partial charge is 0.257 e. The molecule has 0 bridgehead atoms. The molecule has 0 unspecified atom stereocenters. The maximum absolute atomic E-state index is 12.4. The Hall–Kier alpha value is -2.36. The molecular weight excluding hydrogens is 396 g/mol. The van der Waals surface area contributed by atoms with Crippen molar-refractivity contribution in [2.24, 2.45) is 0 Å². The molecule has 0 saturated heterocycles. The van der Waals surface area contributed by atoms with Gasteiger partial charge >= 0.3 is 0 Å². The highest BCUT2D eigenvalue weighted by Crippen LogP contribution is 2.28. The summed E-state index contributed by atoms with van der Waals surface area (Å²) < 4.78 is 33.8. The molecule has 0 fully saturated rings. The van der Waals surface area contributed by atoms with Crippen LogP contribution < -0.4 is 0 Å². The van der Waals surface area contributed by atoms with E-state index in [2.05, 4.69) is 14.5 Å². The minimum absolute atomic E-state index is 0.240. The molecule has 0 aliphatic heterocycles. The van der Waals surface area contributed by atoms with Crippen LogP contribution in [0.2, 0.25) is 0 Å². The highest BCUT2D eigenvalue weighted by molar-refractivity contribution is 7.98. The summed E-state index contributed by atoms with van der Waals surface area (Å²) in [5.41, 5.74) is 3.16. The van der Waals surface area contributed by atoms with Crippen molar-refractivity contribution in [3.8, 4) is 0 Å². The molecule has 7 nitrogen and oxygen atoms in total. The second kappa shape index (κ2) is 7.23. The molecule has 0 aliphatic carbocycles. The van der Waals surface area contributed by atoms with Gasteiger partial charge in [-0.2, -0.15) is 0 Å². The maximum Gasteiger partial charge on any atom is 0.257 e. The Kier molecular flexibility index (Phi) is 4.90. The van der Waals surface area contributed by atoms with E-state index in [1.807, 2.05) is 37.3 Å². The number of rotatable bonds is 6. The van der Waals surface area contributed by atoms with Crippen LogP contribution in [-0.4, -0.2) is 41.4 Å². The average Bonchev–Trinajstić information content (AvgIpc) is 3.25. The van der Waals surface area contributed by atoms with Crippen LogP contribution in [0.25, 0.3) is 22.1 Å². The first kappa shape index (κ1) is 19.0. The van der Waals surface area contributed by atoms with Gasteiger partial charge in [0.15, 0.2) is 5.58 Å². The number of oxazole rings is 1. The number of nitrogens with zero attached hydrogens (tertiary/aromatic N) is 4. The van der Waals surface area contributed by atoms with E-state index in [0.717, 1.165) is 29.0 Å². The van der Waals surface area contributed by atoms with Crippen LogP contribution in [0.4, 0.5) is 0 Å². The third kappa shape index (κ3) is 3.30. The zero-order valence-electron chi connectivity index (χ0n) is 15.8. The Morgan fingerprint density at radius 2 is 1.89 bits per heavy atom. The highest BCUT2D eigenvalue weighted by Gasteiger charge is 2.20. The zero-order valence-corrected chi connectivity index (χ0v) is 17.4. The van der Waals surface area contributed by atoms with Crippen molar-refractivity contribution in [3.05, 3.63) is 48.3 Å². The third-order valence-electron chi connectivity index (χ3n) is 4.49. The van der Waals surface area contributed by atoms with Crippen molar-refractivity contribution in [3.63, 3.8) is 0 Å². The van der Waals surface area contributed by atoms with Gasteiger partial charge in [0.1, 0.15) is 11.3 Å². The van der Waals surface area contributed by atoms with Gasteiger partial charge in [-0.1, -0.05) is 23.9 Å². The Balaban J connectivity index is 1.66. The van der Waals surface area contributed by atoms with E-state index in [1.165, 1.54) is 30.2 Å². The van der Waals surface area contributed by atoms with Crippen molar-refractivity contribution in [2.75, 3.05) is 14.1 Å². The predicted molar refractivity (Wildman–Crippen MR) is 110 cm³/mol. The van der Waals surface area contributed by atoms with Gasteiger partial charge in [-0.15, -0.1) is 0 Å². The molecule has 2 heterocycles. The topological polar surface area (TPSA) is 81.2 Å². The number of para-hydroxylation sites is 2. The van der Waals surface area contributed by atoms with E-state index in [4.69, 9.17) is 4.42 Å². The number of imidazole rings is 1. The van der Waals surface area contributed by atoms with Crippen molar-refractivity contribution in [1.82, 2.24) is 18.8 Å². The second-order valence-corrected chi connectivity index (χ2v) is 9.52. The molecule has 0 atom stereocenters. The van der Waals surface area contributed by atoms with Gasteiger partial charge in [0.05, 0.1) is 21.7 Å². The minimum Gasteiger partial charge on any atom is -0.431 e. The molecule has 146 valence electrons. The van der Waals surface area contributed by atoms with E-state index in [0.29, 0.717) is 16.5 Å². The maximum atomic E-state index is 12.4. The Morgan fingerprint density at radius 3 is 2.61 bits per heavy atom. The number of sulfonamides is 1. The van der Waals surface area contributed by atoms with E-state index in [1.54, 1.807) is 12.1 Å². The number of thioether (sulfide) groups is 1. The first-order valence-electron chi connectivity index (χ1n) is 8.80. The largest absolute Gasteiger partial charge is 0.431 e. The van der Waals surface area contributed by atoms with Crippen LogP contribution >= 0.6 is 11.8 Å². The molecule has 4 aromatic rings. The molecular formula is C19H20N4O3S2. The van der Waals surface area contributed by atoms with Crippen LogP contribution in [0, 0.1) is 0 Å². The highest BCUT2D eigenvalue weighted by atomic mass is 32.2. The SMILES string of the molecule is CCn1c(CSc2nc3ccccc3o2)nc2cc(S(=O)(=O)N(C)C)ccc21. The molecule has 0 radical (unpaired) electrons. The van der Waals surface area contributed by atoms with Gasteiger partial charge in [-0.25, -0.2) is 22.7 Å². The fourth-order valence-electron chi connectivity index (χ4n) is 3.03. The molecule has 28 heavy (non-hydrogen) atoms. The summed E-state index contributed by atoms with van der Waals surface area (Å²) in [7, 11) is -0.454. The molecule has 0 N–H and O–H groups in total. The van der Waals surface area contributed by atoms with Crippen LogP contribution in [-0.2, 0) is 22.3 Å². The van der Waals surface area contributed by atoms with E-state index in [9.17, 15) is 8.42 Å². The summed E-state index contributed by atoms with van der Waals surface area (Å²) in [5, 5.41) is 0.590. The Bertz CT molecular complexity index is 1230. The fourth-order valence-corrected chi connectivity index (χ4v) is 4.74. The molecule has 0 saturated carbocycles. The van der Waals surface area contributed by atoms with E-state index < -0.39 is 10.0 Å². The Labute approximate surface area is 167 Å². The summed E-state index contributed by atoms with van der Waals surface area (Å²) in [4.78, 5) is 9.39. The quantitative estimate of drug-likeness (QED) is 0.446. The standard InChI is InChI=1S/C19H20N4O3S2/c1-4-23-16-10-9-13(28(24,25)22(2)3)11-15(16)20-18(23)12-27-19-21-14-7-5-6-8-17(14)26-19/h5-11H,4,12H2,1-3H3. The fraction of sp³-hybridized carbons (Fsp3) is 0.263. The number of hydrogen-bond acceptors (Lipinski definition) is 6. The number of aryl methyl sites for hydroxylation is 1. The van der Waals surface area contributed by atoms with Gasteiger partial charge in [-0.05, 0) is 37.3 Å². The van der Waals surface area contributed by atoms with Crippen LogP contribution in [0.5, 0.6) is 0 Å². The van der Waals surface area contributed by atoms with Crippen LogP contribution in [0.15, 0.2) is 57.0 Å². The lowest BCUT2D eigenvalue weighted by molar-refractivity contribution is 0.489. The van der Waals surface area contributed by atoms with Crippen LogP contribution in [0.3, 0.4) is 0 Å². The number of hydrogen-bond donors (Lipinski definition) is 0. The van der Waals surface area contributed by atoms with Crippen molar-refractivity contribution >= 4 is 43.9 Å². The van der Waals surface area contributed by atoms with Crippen LogP contribution in [0.1, 0.15) is 12.7 Å². The predicted octanol–water partition coefficient (Wildman–Crippen LogP) is 3.74. The second-order valence-electron chi connectivity index (χ2n) is 6.45. The molecule has 0 spiro atoms. The molecule has 2 aromatic carbocycles. The average molecular weight is 417 g/mol. The number of fused-ring (bicyclic) bond motifs is 2. The van der Waals surface area contributed by atoms with Crippen molar-refractivity contribution in [2.45, 2.75) is 29.3 Å². The van der Waals surface area contributed by atoms with Crippen molar-refractivity contribution in [1.29, 1.82) is 0 Å². The lowest BCUT2D eigenvalue weighted by atomic mass is 10.3. The van der Waals surface area contributed by atoms with Crippen molar-refractivity contribution < 1.29 is 12.8 Å². The van der Waals surface area contributed by atoms with Gasteiger partial charge in [-0.3, -0.25) is 0 Å². The van der Waals surface area contributed by atoms with Gasteiger partial charge in [0.2, 0.25) is 10.0 Å². The number of aromatic nitrogens is 3.